The minimum atomic E-state index is -0.520. The molecule has 1 saturated heterocycles. The lowest BCUT2D eigenvalue weighted by Crippen LogP contribution is -2.14. The maximum Gasteiger partial charge on any atom is 0.341 e. The number of anilines is 1. The van der Waals surface area contributed by atoms with Gasteiger partial charge in [0.2, 0.25) is 0 Å². The fraction of sp³-hybridized carbons (Fsp3) is 0.263. The number of halogens is 1. The summed E-state index contributed by atoms with van der Waals surface area (Å²) in [6.45, 7) is 2.97. The van der Waals surface area contributed by atoms with Crippen LogP contribution in [0.3, 0.4) is 0 Å². The van der Waals surface area contributed by atoms with Crippen molar-refractivity contribution >= 4 is 29.2 Å². The molecular weight excluding hydrogens is 358 g/mol. The molecule has 0 bridgehead atoms. The summed E-state index contributed by atoms with van der Waals surface area (Å²) < 4.78 is 15.8. The van der Waals surface area contributed by atoms with E-state index in [1.807, 2.05) is 0 Å². The standard InChI is InChI=1S/C19H18ClNO5/c1-2-24-19(23)15-9-12(7-8-17(15)26-11-13-10-25-13)21-18(22)14-5-3-4-6-16(14)20/h3-9,13H,2,10-11H2,1H3,(H,21,22). The average molecular weight is 376 g/mol. The van der Waals surface area contributed by atoms with Gasteiger partial charge in [0.25, 0.3) is 5.91 Å². The topological polar surface area (TPSA) is 77.2 Å². The van der Waals surface area contributed by atoms with Crippen LogP contribution in [0.2, 0.25) is 5.02 Å². The van der Waals surface area contributed by atoms with Crippen LogP contribution in [0.4, 0.5) is 5.69 Å². The number of esters is 1. The third kappa shape index (κ3) is 4.53. The van der Waals surface area contributed by atoms with Gasteiger partial charge in [-0.3, -0.25) is 4.79 Å². The molecular formula is C19H18ClNO5. The molecule has 26 heavy (non-hydrogen) atoms. The van der Waals surface area contributed by atoms with Crippen LogP contribution in [-0.2, 0) is 9.47 Å². The monoisotopic (exact) mass is 375 g/mol. The van der Waals surface area contributed by atoms with Gasteiger partial charge in [0.05, 0.1) is 23.8 Å². The van der Waals surface area contributed by atoms with E-state index in [4.69, 9.17) is 25.8 Å². The van der Waals surface area contributed by atoms with Crippen LogP contribution in [0.15, 0.2) is 42.5 Å². The van der Waals surface area contributed by atoms with Crippen LogP contribution in [0.5, 0.6) is 5.75 Å². The van der Waals surface area contributed by atoms with Crippen LogP contribution in [0.25, 0.3) is 0 Å². The van der Waals surface area contributed by atoms with Gasteiger partial charge in [-0.15, -0.1) is 0 Å². The Labute approximate surface area is 156 Å². The van der Waals surface area contributed by atoms with Crippen molar-refractivity contribution in [3.63, 3.8) is 0 Å². The average Bonchev–Trinajstić information content (AvgIpc) is 3.45. The van der Waals surface area contributed by atoms with Gasteiger partial charge in [0.15, 0.2) is 0 Å². The van der Waals surface area contributed by atoms with Gasteiger partial charge in [-0.05, 0) is 37.3 Å². The molecule has 1 atom stereocenters. The minimum absolute atomic E-state index is 0.0599. The van der Waals surface area contributed by atoms with Gasteiger partial charge in [-0.25, -0.2) is 4.79 Å². The van der Waals surface area contributed by atoms with E-state index in [9.17, 15) is 9.59 Å². The third-order valence-electron chi connectivity index (χ3n) is 3.68. The molecule has 7 heteroatoms. The van der Waals surface area contributed by atoms with E-state index in [1.165, 1.54) is 6.07 Å². The number of carbonyl (C=O) groups excluding carboxylic acids is 2. The molecule has 0 saturated carbocycles. The second-order valence-electron chi connectivity index (χ2n) is 5.63. The number of nitrogens with one attached hydrogen (secondary N) is 1. The maximum absolute atomic E-state index is 12.4. The molecule has 1 heterocycles. The van der Waals surface area contributed by atoms with E-state index in [0.717, 1.165) is 0 Å². The summed E-state index contributed by atoms with van der Waals surface area (Å²) in [6.07, 6.45) is 0.0599. The highest BCUT2D eigenvalue weighted by molar-refractivity contribution is 6.34. The summed E-state index contributed by atoms with van der Waals surface area (Å²) in [7, 11) is 0. The second kappa shape index (κ2) is 8.21. The van der Waals surface area contributed by atoms with Crippen molar-refractivity contribution in [3.8, 4) is 5.75 Å². The summed E-state index contributed by atoms with van der Waals surface area (Å²) >= 11 is 6.04. The zero-order valence-corrected chi connectivity index (χ0v) is 14.9. The first kappa shape index (κ1) is 18.2. The fourth-order valence-corrected chi connectivity index (χ4v) is 2.51. The zero-order valence-electron chi connectivity index (χ0n) is 14.2. The lowest BCUT2D eigenvalue weighted by molar-refractivity contribution is 0.0521. The molecule has 1 unspecified atom stereocenters. The Hall–Kier alpha value is -2.57. The molecule has 1 fully saturated rings. The number of hydrogen-bond donors (Lipinski definition) is 1. The van der Waals surface area contributed by atoms with E-state index >= 15 is 0 Å². The van der Waals surface area contributed by atoms with Gasteiger partial charge in [0, 0.05) is 5.69 Å². The van der Waals surface area contributed by atoms with Gasteiger partial charge in [0.1, 0.15) is 24.0 Å². The smallest absolute Gasteiger partial charge is 0.341 e. The number of ether oxygens (including phenoxy) is 3. The summed E-state index contributed by atoms with van der Waals surface area (Å²) in [5.41, 5.74) is 1.02. The predicted molar refractivity (Wildman–Crippen MR) is 97.0 cm³/mol. The van der Waals surface area contributed by atoms with Crippen molar-refractivity contribution in [2.75, 3.05) is 25.1 Å². The second-order valence-corrected chi connectivity index (χ2v) is 6.04. The van der Waals surface area contributed by atoms with E-state index in [1.54, 1.807) is 43.3 Å². The molecule has 2 aromatic rings. The van der Waals surface area contributed by atoms with Crippen molar-refractivity contribution in [3.05, 3.63) is 58.6 Å². The molecule has 3 rings (SSSR count). The molecule has 0 aromatic heterocycles. The van der Waals surface area contributed by atoms with Crippen LogP contribution < -0.4 is 10.1 Å². The van der Waals surface area contributed by atoms with Gasteiger partial charge in [-0.1, -0.05) is 23.7 Å². The fourth-order valence-electron chi connectivity index (χ4n) is 2.29. The molecule has 1 amide bonds. The van der Waals surface area contributed by atoms with E-state index in [0.29, 0.717) is 35.2 Å². The Balaban J connectivity index is 1.80. The third-order valence-corrected chi connectivity index (χ3v) is 4.01. The molecule has 1 N–H and O–H groups in total. The minimum Gasteiger partial charge on any atom is -0.490 e. The molecule has 0 radical (unpaired) electrons. The molecule has 0 aliphatic carbocycles. The van der Waals surface area contributed by atoms with E-state index in [-0.39, 0.29) is 24.2 Å². The molecule has 136 valence electrons. The number of epoxide rings is 1. The number of rotatable bonds is 7. The Morgan fingerprint density at radius 3 is 2.69 bits per heavy atom. The first-order valence-electron chi connectivity index (χ1n) is 8.20. The van der Waals surface area contributed by atoms with E-state index < -0.39 is 5.97 Å². The predicted octanol–water partition coefficient (Wildman–Crippen LogP) is 3.55. The van der Waals surface area contributed by atoms with Crippen LogP contribution in [0.1, 0.15) is 27.6 Å². The number of amides is 1. The largest absolute Gasteiger partial charge is 0.490 e. The lowest BCUT2D eigenvalue weighted by Gasteiger charge is -2.13. The summed E-state index contributed by atoms with van der Waals surface area (Å²) in [6, 6.07) is 11.5. The molecule has 0 spiro atoms. The molecule has 2 aromatic carbocycles. The van der Waals surface area contributed by atoms with E-state index in [2.05, 4.69) is 5.32 Å². The van der Waals surface area contributed by atoms with Crippen molar-refractivity contribution in [2.45, 2.75) is 13.0 Å². The molecule has 1 aliphatic heterocycles. The Morgan fingerprint density at radius 2 is 2.00 bits per heavy atom. The van der Waals surface area contributed by atoms with Gasteiger partial charge >= 0.3 is 5.97 Å². The van der Waals surface area contributed by atoms with Crippen LogP contribution in [-0.4, -0.2) is 37.8 Å². The Bertz CT molecular complexity index is 819. The van der Waals surface area contributed by atoms with Gasteiger partial charge in [-0.2, -0.15) is 0 Å². The maximum atomic E-state index is 12.4. The highest BCUT2D eigenvalue weighted by Gasteiger charge is 2.24. The quantitative estimate of drug-likeness (QED) is 0.591. The number of hydrogen-bond acceptors (Lipinski definition) is 5. The zero-order chi connectivity index (χ0) is 18.5. The molecule has 1 aliphatic rings. The Kier molecular flexibility index (Phi) is 5.75. The normalized spacial score (nSPS) is 15.2. The molecule has 6 nitrogen and oxygen atoms in total. The lowest BCUT2D eigenvalue weighted by atomic mass is 10.1. The summed E-state index contributed by atoms with van der Waals surface area (Å²) in [4.78, 5) is 24.6. The number of carbonyl (C=O) groups is 2. The first-order valence-corrected chi connectivity index (χ1v) is 8.57. The van der Waals surface area contributed by atoms with Crippen molar-refractivity contribution in [2.24, 2.45) is 0 Å². The highest BCUT2D eigenvalue weighted by Crippen LogP contribution is 2.26. The van der Waals surface area contributed by atoms with Crippen molar-refractivity contribution in [1.82, 2.24) is 0 Å². The van der Waals surface area contributed by atoms with Crippen molar-refractivity contribution < 1.29 is 23.8 Å². The first-order chi connectivity index (χ1) is 12.6. The van der Waals surface area contributed by atoms with Crippen molar-refractivity contribution in [1.29, 1.82) is 0 Å². The highest BCUT2D eigenvalue weighted by atomic mass is 35.5. The Morgan fingerprint density at radius 1 is 1.23 bits per heavy atom. The summed E-state index contributed by atoms with van der Waals surface area (Å²) in [5, 5.41) is 3.08. The van der Waals surface area contributed by atoms with Gasteiger partial charge < -0.3 is 19.5 Å². The van der Waals surface area contributed by atoms with Crippen LogP contribution >= 0.6 is 11.6 Å². The SMILES string of the molecule is CCOC(=O)c1cc(NC(=O)c2ccccc2Cl)ccc1OCC1CO1. The van der Waals surface area contributed by atoms with Crippen LogP contribution in [0, 0.1) is 0 Å². The summed E-state index contributed by atoms with van der Waals surface area (Å²) in [5.74, 6) is -0.506. The number of benzene rings is 2.